The van der Waals surface area contributed by atoms with Crippen molar-refractivity contribution in [1.82, 2.24) is 9.97 Å². The van der Waals surface area contributed by atoms with E-state index >= 15 is 0 Å². The minimum atomic E-state index is -0.357. The van der Waals surface area contributed by atoms with Gasteiger partial charge in [0.05, 0.1) is 19.5 Å². The fourth-order valence-corrected chi connectivity index (χ4v) is 1.42. The average molecular weight is 259 g/mol. The van der Waals surface area contributed by atoms with E-state index in [1.807, 2.05) is 0 Å². The van der Waals surface area contributed by atoms with E-state index in [1.165, 1.54) is 12.4 Å². The Morgan fingerprint density at radius 1 is 1.32 bits per heavy atom. The van der Waals surface area contributed by atoms with Crippen molar-refractivity contribution in [2.24, 2.45) is 5.84 Å². The Bertz CT molecular complexity index is 571. The third-order valence-corrected chi connectivity index (χ3v) is 2.36. The Morgan fingerprint density at radius 3 is 2.79 bits per heavy atom. The second kappa shape index (κ2) is 5.78. The summed E-state index contributed by atoms with van der Waals surface area (Å²) in [5.41, 5.74) is 3.15. The molecule has 1 aromatic carbocycles. The summed E-state index contributed by atoms with van der Waals surface area (Å²) in [6.07, 6.45) is 2.71. The number of rotatable bonds is 4. The predicted octanol–water partition coefficient (Wildman–Crippen LogP) is 1.02. The topological polar surface area (TPSA) is 102 Å². The Hall–Kier alpha value is -2.67. The zero-order chi connectivity index (χ0) is 13.7. The van der Waals surface area contributed by atoms with Crippen molar-refractivity contribution >= 4 is 17.4 Å². The third-order valence-electron chi connectivity index (χ3n) is 2.36. The van der Waals surface area contributed by atoms with Crippen LogP contribution in [0, 0.1) is 0 Å². The van der Waals surface area contributed by atoms with Gasteiger partial charge in [0, 0.05) is 11.8 Å². The van der Waals surface area contributed by atoms with E-state index < -0.39 is 0 Å². The van der Waals surface area contributed by atoms with Gasteiger partial charge in [0.1, 0.15) is 11.4 Å². The predicted molar refractivity (Wildman–Crippen MR) is 70.8 cm³/mol. The number of aromatic nitrogens is 2. The number of nitrogens with two attached hydrogens (primary N) is 1. The number of methoxy groups -OCH3 is 1. The quantitative estimate of drug-likeness (QED) is 0.559. The van der Waals surface area contributed by atoms with Crippen LogP contribution in [-0.2, 0) is 0 Å². The van der Waals surface area contributed by atoms with E-state index in [0.717, 1.165) is 0 Å². The number of carbonyl (C=O) groups excluding carboxylic acids is 1. The fraction of sp³-hybridized carbons (Fsp3) is 0.0833. The number of hydrazine groups is 1. The highest BCUT2D eigenvalue weighted by Gasteiger charge is 2.08. The van der Waals surface area contributed by atoms with Crippen LogP contribution in [0.5, 0.6) is 5.75 Å². The summed E-state index contributed by atoms with van der Waals surface area (Å²) in [5.74, 6) is 5.85. The van der Waals surface area contributed by atoms with Gasteiger partial charge in [-0.15, -0.1) is 0 Å². The number of nitrogens with one attached hydrogen (secondary N) is 2. The summed E-state index contributed by atoms with van der Waals surface area (Å²) in [4.78, 5) is 19.8. The van der Waals surface area contributed by atoms with E-state index in [4.69, 9.17) is 10.6 Å². The lowest BCUT2D eigenvalue weighted by Crippen LogP contribution is -2.15. The highest BCUT2D eigenvalue weighted by atomic mass is 16.5. The monoisotopic (exact) mass is 259 g/mol. The maximum atomic E-state index is 11.9. The standard InChI is InChI=1S/C12H13N5O2/c1-19-9-4-2-3-8(5-9)16-12(18)10-6-15-11(17-13)7-14-10/h2-7H,13H2,1H3,(H,15,17)(H,16,18). The Kier molecular flexibility index (Phi) is 3.89. The second-order valence-corrected chi connectivity index (χ2v) is 3.62. The van der Waals surface area contributed by atoms with Gasteiger partial charge in [0.2, 0.25) is 0 Å². The molecular weight excluding hydrogens is 246 g/mol. The lowest BCUT2D eigenvalue weighted by molar-refractivity contribution is 0.102. The first-order valence-electron chi connectivity index (χ1n) is 5.47. The molecule has 0 aliphatic rings. The molecule has 0 aliphatic carbocycles. The van der Waals surface area contributed by atoms with Crippen LogP contribution >= 0.6 is 0 Å². The average Bonchev–Trinajstić information content (AvgIpc) is 2.47. The van der Waals surface area contributed by atoms with Crippen molar-refractivity contribution in [3.05, 3.63) is 42.4 Å². The summed E-state index contributed by atoms with van der Waals surface area (Å²) in [6, 6.07) is 7.03. The molecule has 0 aliphatic heterocycles. The first kappa shape index (κ1) is 12.8. The van der Waals surface area contributed by atoms with Crippen molar-refractivity contribution < 1.29 is 9.53 Å². The van der Waals surface area contributed by atoms with Crippen LogP contribution in [0.2, 0.25) is 0 Å². The lowest BCUT2D eigenvalue weighted by Gasteiger charge is -2.06. The van der Waals surface area contributed by atoms with Crippen LogP contribution in [-0.4, -0.2) is 23.0 Å². The van der Waals surface area contributed by atoms with E-state index in [0.29, 0.717) is 17.3 Å². The highest BCUT2D eigenvalue weighted by Crippen LogP contribution is 2.17. The molecule has 0 saturated heterocycles. The summed E-state index contributed by atoms with van der Waals surface area (Å²) in [6.45, 7) is 0. The number of benzene rings is 1. The number of hydrogen-bond acceptors (Lipinski definition) is 6. The molecule has 1 aromatic heterocycles. The third kappa shape index (κ3) is 3.17. The maximum absolute atomic E-state index is 11.9. The molecule has 98 valence electrons. The number of amides is 1. The summed E-state index contributed by atoms with van der Waals surface area (Å²) < 4.78 is 5.07. The van der Waals surface area contributed by atoms with Gasteiger partial charge in [0.15, 0.2) is 5.82 Å². The highest BCUT2D eigenvalue weighted by molar-refractivity contribution is 6.02. The maximum Gasteiger partial charge on any atom is 0.275 e. The first-order chi connectivity index (χ1) is 9.22. The van der Waals surface area contributed by atoms with Crippen LogP contribution in [0.15, 0.2) is 36.7 Å². The molecule has 0 bridgehead atoms. The minimum absolute atomic E-state index is 0.196. The number of carbonyl (C=O) groups is 1. The van der Waals surface area contributed by atoms with Gasteiger partial charge in [-0.1, -0.05) is 6.07 Å². The molecule has 0 radical (unpaired) electrons. The van der Waals surface area contributed by atoms with Crippen LogP contribution in [0.4, 0.5) is 11.5 Å². The number of nitrogens with zero attached hydrogens (tertiary/aromatic N) is 2. The van der Waals surface area contributed by atoms with Gasteiger partial charge in [-0.2, -0.15) is 0 Å². The molecule has 0 saturated carbocycles. The van der Waals surface area contributed by atoms with E-state index in [2.05, 4.69) is 20.7 Å². The normalized spacial score (nSPS) is 9.79. The van der Waals surface area contributed by atoms with E-state index in [1.54, 1.807) is 31.4 Å². The summed E-state index contributed by atoms with van der Waals surface area (Å²) in [7, 11) is 1.56. The second-order valence-electron chi connectivity index (χ2n) is 3.62. The van der Waals surface area contributed by atoms with Gasteiger partial charge in [-0.25, -0.2) is 15.8 Å². The molecular formula is C12H13N5O2. The van der Waals surface area contributed by atoms with Crippen LogP contribution in [0.1, 0.15) is 10.5 Å². The SMILES string of the molecule is COc1cccc(NC(=O)c2cnc(NN)cn2)c1. The van der Waals surface area contributed by atoms with Crippen molar-refractivity contribution in [2.75, 3.05) is 17.9 Å². The van der Waals surface area contributed by atoms with Crippen molar-refractivity contribution in [1.29, 1.82) is 0 Å². The number of anilines is 2. The molecule has 1 amide bonds. The van der Waals surface area contributed by atoms with Crippen LogP contribution in [0.3, 0.4) is 0 Å². The van der Waals surface area contributed by atoms with E-state index in [9.17, 15) is 4.79 Å². The minimum Gasteiger partial charge on any atom is -0.497 e. The molecule has 0 fully saturated rings. The Morgan fingerprint density at radius 2 is 2.16 bits per heavy atom. The van der Waals surface area contributed by atoms with Crippen molar-refractivity contribution in [3.63, 3.8) is 0 Å². The Balaban J connectivity index is 2.11. The van der Waals surface area contributed by atoms with Crippen LogP contribution < -0.4 is 21.3 Å². The van der Waals surface area contributed by atoms with Gasteiger partial charge in [-0.05, 0) is 12.1 Å². The van der Waals surface area contributed by atoms with Gasteiger partial charge < -0.3 is 15.5 Å². The summed E-state index contributed by atoms with van der Waals surface area (Å²) >= 11 is 0. The van der Waals surface area contributed by atoms with Crippen molar-refractivity contribution in [3.8, 4) is 5.75 Å². The lowest BCUT2D eigenvalue weighted by atomic mass is 10.3. The molecule has 0 unspecified atom stereocenters. The molecule has 4 N–H and O–H groups in total. The van der Waals surface area contributed by atoms with E-state index in [-0.39, 0.29) is 11.6 Å². The molecule has 7 nitrogen and oxygen atoms in total. The molecule has 0 atom stereocenters. The number of ether oxygens (including phenoxy) is 1. The molecule has 19 heavy (non-hydrogen) atoms. The zero-order valence-electron chi connectivity index (χ0n) is 10.3. The Labute approximate surface area is 109 Å². The van der Waals surface area contributed by atoms with Gasteiger partial charge in [-0.3, -0.25) is 4.79 Å². The zero-order valence-corrected chi connectivity index (χ0v) is 10.3. The number of hydrogen-bond donors (Lipinski definition) is 3. The molecule has 1 heterocycles. The molecule has 2 rings (SSSR count). The van der Waals surface area contributed by atoms with Crippen molar-refractivity contribution in [2.45, 2.75) is 0 Å². The number of nitrogen functional groups attached to an aromatic ring is 1. The first-order valence-corrected chi connectivity index (χ1v) is 5.47. The molecule has 0 spiro atoms. The molecule has 7 heteroatoms. The largest absolute Gasteiger partial charge is 0.497 e. The molecule has 2 aromatic rings. The van der Waals surface area contributed by atoms with Crippen LogP contribution in [0.25, 0.3) is 0 Å². The smallest absolute Gasteiger partial charge is 0.275 e. The fourth-order valence-electron chi connectivity index (χ4n) is 1.42. The van der Waals surface area contributed by atoms with Gasteiger partial charge >= 0.3 is 0 Å². The van der Waals surface area contributed by atoms with Gasteiger partial charge in [0.25, 0.3) is 5.91 Å². The summed E-state index contributed by atoms with van der Waals surface area (Å²) in [5, 5.41) is 2.70.